The van der Waals surface area contributed by atoms with E-state index in [2.05, 4.69) is 10.3 Å². The Morgan fingerprint density at radius 2 is 1.68 bits per heavy atom. The Morgan fingerprint density at radius 1 is 1.00 bits per heavy atom. The molecule has 2 aromatic rings. The summed E-state index contributed by atoms with van der Waals surface area (Å²) in [6.45, 7) is 0.572. The molecule has 1 aliphatic heterocycles. The molecule has 3 rings (SSSR count). The Balaban J connectivity index is 1.49. The number of benzene rings is 1. The number of nitrogens with zero attached hydrogens (tertiary/aromatic N) is 3. The fourth-order valence-electron chi connectivity index (χ4n) is 2.61. The van der Waals surface area contributed by atoms with Gasteiger partial charge >= 0.3 is 0 Å². The zero-order valence-electron chi connectivity index (χ0n) is 13.3. The third-order valence-electron chi connectivity index (χ3n) is 3.91. The molecular formula is C17H16N4O4. The number of hydrogen-bond acceptors (Lipinski definition) is 5. The minimum Gasteiger partial charge on any atom is -0.354 e. The van der Waals surface area contributed by atoms with Gasteiger partial charge in [-0.2, -0.15) is 0 Å². The van der Waals surface area contributed by atoms with E-state index in [-0.39, 0.29) is 42.8 Å². The molecule has 25 heavy (non-hydrogen) atoms. The molecule has 2 heterocycles. The largest absolute Gasteiger partial charge is 0.354 e. The Labute approximate surface area is 143 Å². The summed E-state index contributed by atoms with van der Waals surface area (Å²) >= 11 is 0. The molecule has 0 bridgehead atoms. The Morgan fingerprint density at radius 3 is 2.32 bits per heavy atom. The summed E-state index contributed by atoms with van der Waals surface area (Å²) in [5.74, 6) is -1.06. The lowest BCUT2D eigenvalue weighted by Gasteiger charge is -2.13. The van der Waals surface area contributed by atoms with E-state index < -0.39 is 0 Å². The number of rotatable bonds is 6. The number of fused-ring (bicyclic) bond motifs is 1. The van der Waals surface area contributed by atoms with Crippen molar-refractivity contribution < 1.29 is 14.4 Å². The van der Waals surface area contributed by atoms with E-state index in [9.17, 15) is 19.2 Å². The smallest absolute Gasteiger partial charge is 0.261 e. The summed E-state index contributed by atoms with van der Waals surface area (Å²) in [5, 5.41) is 2.66. The van der Waals surface area contributed by atoms with Gasteiger partial charge in [-0.15, -0.1) is 0 Å². The molecule has 0 saturated heterocycles. The number of carbonyl (C=O) groups is 3. The van der Waals surface area contributed by atoms with Crippen LogP contribution in [0.3, 0.4) is 0 Å². The van der Waals surface area contributed by atoms with Gasteiger partial charge in [-0.3, -0.25) is 28.6 Å². The fourth-order valence-corrected chi connectivity index (χ4v) is 2.61. The minimum atomic E-state index is -0.379. The number of amides is 3. The molecule has 1 N–H and O–H groups in total. The van der Waals surface area contributed by atoms with Crippen LogP contribution in [0.5, 0.6) is 0 Å². The average Bonchev–Trinajstić information content (AvgIpc) is 2.86. The summed E-state index contributed by atoms with van der Waals surface area (Å²) < 4.78 is 1.38. The van der Waals surface area contributed by atoms with Crippen LogP contribution in [0.15, 0.2) is 47.7 Å². The quantitative estimate of drug-likeness (QED) is 0.749. The molecule has 3 amide bonds. The number of nitrogens with one attached hydrogen (secondary N) is 1. The minimum absolute atomic E-state index is 0.00735. The summed E-state index contributed by atoms with van der Waals surface area (Å²) in [5.41, 5.74) is 0.531. The first-order valence-corrected chi connectivity index (χ1v) is 7.80. The third-order valence-corrected chi connectivity index (χ3v) is 3.91. The standard InChI is InChI=1S/C17H16N4O4/c22-14(19-8-10-20-11-18-7-5-15(20)23)6-9-21-16(24)12-3-1-2-4-13(12)17(21)25/h1-5,7,11H,6,8-10H2,(H,19,22). The molecule has 0 spiro atoms. The van der Waals surface area contributed by atoms with Gasteiger partial charge in [0.15, 0.2) is 0 Å². The van der Waals surface area contributed by atoms with Gasteiger partial charge in [-0.05, 0) is 12.1 Å². The maximum atomic E-state index is 12.2. The summed E-state index contributed by atoms with van der Waals surface area (Å²) in [4.78, 5) is 52.7. The van der Waals surface area contributed by atoms with Crippen LogP contribution in [0.1, 0.15) is 27.1 Å². The van der Waals surface area contributed by atoms with E-state index in [1.807, 2.05) is 0 Å². The van der Waals surface area contributed by atoms with E-state index in [1.165, 1.54) is 23.2 Å². The normalized spacial score (nSPS) is 13.0. The van der Waals surface area contributed by atoms with Gasteiger partial charge in [-0.25, -0.2) is 4.98 Å². The molecule has 0 aliphatic carbocycles. The summed E-state index contributed by atoms with van der Waals surface area (Å²) in [6.07, 6.45) is 2.81. The monoisotopic (exact) mass is 340 g/mol. The zero-order chi connectivity index (χ0) is 17.8. The number of aromatic nitrogens is 2. The van der Waals surface area contributed by atoms with Crippen molar-refractivity contribution in [3.05, 3.63) is 64.3 Å². The lowest BCUT2D eigenvalue weighted by molar-refractivity contribution is -0.121. The SMILES string of the molecule is O=C(CCN1C(=O)c2ccccc2C1=O)NCCn1cnccc1=O. The lowest BCUT2D eigenvalue weighted by atomic mass is 10.1. The molecule has 8 nitrogen and oxygen atoms in total. The topological polar surface area (TPSA) is 101 Å². The molecule has 8 heteroatoms. The maximum absolute atomic E-state index is 12.2. The molecule has 0 saturated carbocycles. The number of imide groups is 1. The molecule has 0 radical (unpaired) electrons. The molecule has 1 aromatic heterocycles. The second kappa shape index (κ2) is 7.08. The van der Waals surface area contributed by atoms with Crippen LogP contribution >= 0.6 is 0 Å². The summed E-state index contributed by atoms with van der Waals surface area (Å²) in [6, 6.07) is 7.92. The predicted octanol–water partition coefficient (Wildman–Crippen LogP) is 0.0458. The van der Waals surface area contributed by atoms with Crippen LogP contribution in [0.2, 0.25) is 0 Å². The van der Waals surface area contributed by atoms with Crippen LogP contribution in [0.25, 0.3) is 0 Å². The van der Waals surface area contributed by atoms with E-state index in [0.717, 1.165) is 4.90 Å². The highest BCUT2D eigenvalue weighted by Crippen LogP contribution is 2.22. The molecular weight excluding hydrogens is 324 g/mol. The number of hydrogen-bond donors (Lipinski definition) is 1. The van der Waals surface area contributed by atoms with Crippen molar-refractivity contribution in [2.75, 3.05) is 13.1 Å². The second-order valence-corrected chi connectivity index (χ2v) is 5.52. The van der Waals surface area contributed by atoms with Crippen molar-refractivity contribution in [2.45, 2.75) is 13.0 Å². The Kier molecular flexibility index (Phi) is 4.69. The first-order valence-electron chi connectivity index (χ1n) is 7.80. The maximum Gasteiger partial charge on any atom is 0.261 e. The van der Waals surface area contributed by atoms with Gasteiger partial charge in [0.1, 0.15) is 0 Å². The molecule has 1 aromatic carbocycles. The highest BCUT2D eigenvalue weighted by atomic mass is 16.2. The van der Waals surface area contributed by atoms with Crippen molar-refractivity contribution in [2.24, 2.45) is 0 Å². The van der Waals surface area contributed by atoms with E-state index in [0.29, 0.717) is 17.7 Å². The van der Waals surface area contributed by atoms with Crippen LogP contribution in [0.4, 0.5) is 0 Å². The van der Waals surface area contributed by atoms with Gasteiger partial charge in [0.2, 0.25) is 5.91 Å². The highest BCUT2D eigenvalue weighted by Gasteiger charge is 2.34. The van der Waals surface area contributed by atoms with Crippen LogP contribution < -0.4 is 10.9 Å². The van der Waals surface area contributed by atoms with Crippen LogP contribution in [-0.2, 0) is 11.3 Å². The second-order valence-electron chi connectivity index (χ2n) is 5.52. The number of carbonyl (C=O) groups excluding carboxylic acids is 3. The molecule has 128 valence electrons. The molecule has 0 atom stereocenters. The lowest BCUT2D eigenvalue weighted by Crippen LogP contribution is -2.36. The Bertz CT molecular complexity index is 855. The van der Waals surface area contributed by atoms with Crippen molar-refractivity contribution in [1.82, 2.24) is 19.8 Å². The van der Waals surface area contributed by atoms with Gasteiger partial charge in [0, 0.05) is 38.3 Å². The first-order chi connectivity index (χ1) is 12.1. The fraction of sp³-hybridized carbons (Fsp3) is 0.235. The van der Waals surface area contributed by atoms with E-state index >= 15 is 0 Å². The molecule has 1 aliphatic rings. The molecule has 0 unspecified atom stereocenters. The molecule has 0 fully saturated rings. The Hall–Kier alpha value is -3.29. The van der Waals surface area contributed by atoms with Crippen LogP contribution in [0, 0.1) is 0 Å². The van der Waals surface area contributed by atoms with Gasteiger partial charge in [0.05, 0.1) is 17.5 Å². The van der Waals surface area contributed by atoms with Crippen molar-refractivity contribution in [3.8, 4) is 0 Å². The van der Waals surface area contributed by atoms with Gasteiger partial charge in [0.25, 0.3) is 17.4 Å². The van der Waals surface area contributed by atoms with Crippen molar-refractivity contribution in [1.29, 1.82) is 0 Å². The first kappa shape index (κ1) is 16.6. The average molecular weight is 340 g/mol. The van der Waals surface area contributed by atoms with Crippen molar-refractivity contribution in [3.63, 3.8) is 0 Å². The zero-order valence-corrected chi connectivity index (χ0v) is 13.3. The van der Waals surface area contributed by atoms with Crippen LogP contribution in [-0.4, -0.2) is 45.3 Å². The highest BCUT2D eigenvalue weighted by molar-refractivity contribution is 6.21. The van der Waals surface area contributed by atoms with Gasteiger partial charge < -0.3 is 5.32 Å². The predicted molar refractivity (Wildman–Crippen MR) is 87.9 cm³/mol. The van der Waals surface area contributed by atoms with Gasteiger partial charge in [-0.1, -0.05) is 12.1 Å². The van der Waals surface area contributed by atoms with Crippen molar-refractivity contribution >= 4 is 17.7 Å². The van der Waals surface area contributed by atoms with E-state index in [4.69, 9.17) is 0 Å². The third kappa shape index (κ3) is 3.47. The van der Waals surface area contributed by atoms with E-state index in [1.54, 1.807) is 24.3 Å². The summed E-state index contributed by atoms with van der Waals surface area (Å²) in [7, 11) is 0.